The van der Waals surface area contributed by atoms with Gasteiger partial charge in [0, 0.05) is 18.7 Å². The molecule has 1 aromatic heterocycles. The van der Waals surface area contributed by atoms with E-state index in [0.29, 0.717) is 38.3 Å². The van der Waals surface area contributed by atoms with Crippen LogP contribution in [0, 0.1) is 12.3 Å². The Morgan fingerprint density at radius 3 is 2.38 bits per heavy atom. The summed E-state index contributed by atoms with van der Waals surface area (Å²) in [5.74, 6) is -0.512. The van der Waals surface area contributed by atoms with Crippen molar-refractivity contribution in [2.75, 3.05) is 18.5 Å². The van der Waals surface area contributed by atoms with Crippen molar-refractivity contribution in [3.8, 4) is 0 Å². The highest BCUT2D eigenvalue weighted by atomic mass is 35.5. The van der Waals surface area contributed by atoms with Crippen LogP contribution >= 0.6 is 12.4 Å². The van der Waals surface area contributed by atoms with E-state index in [9.17, 15) is 9.59 Å². The molecule has 3 aromatic rings. The summed E-state index contributed by atoms with van der Waals surface area (Å²) in [5.41, 5.74) is 5.20. The lowest BCUT2D eigenvalue weighted by Crippen LogP contribution is -2.36. The van der Waals surface area contributed by atoms with Crippen LogP contribution in [0.25, 0.3) is 12.2 Å². The number of nitrogens with one attached hydrogen (secondary N) is 1. The summed E-state index contributed by atoms with van der Waals surface area (Å²) < 4.78 is 11.1. The Labute approximate surface area is 257 Å². The van der Waals surface area contributed by atoms with Crippen LogP contribution in [-0.2, 0) is 32.1 Å². The Kier molecular flexibility index (Phi) is 15.0. The third-order valence-corrected chi connectivity index (χ3v) is 7.38. The van der Waals surface area contributed by atoms with E-state index < -0.39 is 5.41 Å². The first-order valence-corrected chi connectivity index (χ1v) is 14.7. The van der Waals surface area contributed by atoms with Gasteiger partial charge in [0.05, 0.1) is 30.0 Å². The highest BCUT2D eigenvalue weighted by Crippen LogP contribution is 2.33. The van der Waals surface area contributed by atoms with Gasteiger partial charge < -0.3 is 14.8 Å². The van der Waals surface area contributed by atoms with Crippen molar-refractivity contribution in [3.63, 3.8) is 0 Å². The number of hydrogen-bond donors (Lipinski definition) is 1. The van der Waals surface area contributed by atoms with Gasteiger partial charge in [-0.2, -0.15) is 0 Å². The zero-order valence-corrected chi connectivity index (χ0v) is 26.2. The Bertz CT molecular complexity index is 1290. The lowest BCUT2D eigenvalue weighted by molar-refractivity contribution is -0.158. The summed E-state index contributed by atoms with van der Waals surface area (Å²) in [6, 6.07) is 22.2. The van der Waals surface area contributed by atoms with Crippen molar-refractivity contribution in [3.05, 3.63) is 94.8 Å². The standard InChI is InChI=1S/C35H44N2O4.ClH/c1-5-35(6-2,34(39)41-7-3)25-33(38)37-31-15-10-13-29(24-31)21-22-30-14-11-16-32(36-30)26-40-23-9-8-12-28-19-17-27(4)18-20-28;/h10-11,13-22,24H,5-9,12,23,25-26H2,1-4H3,(H,37,38);1H. The van der Waals surface area contributed by atoms with Crippen LogP contribution < -0.4 is 5.32 Å². The summed E-state index contributed by atoms with van der Waals surface area (Å²) >= 11 is 0. The lowest BCUT2D eigenvalue weighted by Gasteiger charge is -2.28. The third-order valence-electron chi connectivity index (χ3n) is 7.38. The fraction of sp³-hybridized carbons (Fsp3) is 0.400. The van der Waals surface area contributed by atoms with Crippen LogP contribution in [0.15, 0.2) is 66.7 Å². The molecule has 0 radical (unpaired) electrons. The van der Waals surface area contributed by atoms with E-state index >= 15 is 0 Å². The highest BCUT2D eigenvalue weighted by Gasteiger charge is 2.38. The number of hydrogen-bond acceptors (Lipinski definition) is 5. The second-order valence-electron chi connectivity index (χ2n) is 10.4. The molecule has 0 aliphatic rings. The molecular weight excluding hydrogens is 548 g/mol. The number of rotatable bonds is 16. The first-order valence-electron chi connectivity index (χ1n) is 14.7. The quantitative estimate of drug-likeness (QED) is 0.134. The highest BCUT2D eigenvalue weighted by molar-refractivity contribution is 5.95. The smallest absolute Gasteiger partial charge is 0.312 e. The summed E-state index contributed by atoms with van der Waals surface area (Å²) in [6.07, 6.45) is 8.28. The number of pyridine rings is 1. The molecule has 42 heavy (non-hydrogen) atoms. The average Bonchev–Trinajstić information content (AvgIpc) is 2.98. The van der Waals surface area contributed by atoms with E-state index in [1.165, 1.54) is 11.1 Å². The first kappa shape index (κ1) is 34.7. The Morgan fingerprint density at radius 2 is 1.67 bits per heavy atom. The molecule has 1 N–H and O–H groups in total. The van der Waals surface area contributed by atoms with Gasteiger partial charge in [-0.25, -0.2) is 0 Å². The van der Waals surface area contributed by atoms with Gasteiger partial charge in [0.15, 0.2) is 0 Å². The number of aromatic nitrogens is 1. The number of esters is 1. The van der Waals surface area contributed by atoms with E-state index in [2.05, 4.69) is 36.5 Å². The second kappa shape index (κ2) is 18.1. The van der Waals surface area contributed by atoms with Crippen LogP contribution in [0.3, 0.4) is 0 Å². The van der Waals surface area contributed by atoms with Crippen LogP contribution in [0.5, 0.6) is 0 Å². The number of carbonyl (C=O) groups is 2. The number of ether oxygens (including phenoxy) is 2. The van der Waals surface area contributed by atoms with Gasteiger partial charge >= 0.3 is 5.97 Å². The van der Waals surface area contributed by atoms with Gasteiger partial charge in [-0.1, -0.05) is 68.0 Å². The fourth-order valence-electron chi connectivity index (χ4n) is 4.70. The molecule has 0 fully saturated rings. The Hall–Kier alpha value is -3.48. The van der Waals surface area contributed by atoms with E-state index in [1.54, 1.807) is 6.92 Å². The number of halogens is 1. The Morgan fingerprint density at radius 1 is 0.929 bits per heavy atom. The van der Waals surface area contributed by atoms with Crippen molar-refractivity contribution in [1.29, 1.82) is 0 Å². The number of unbranched alkanes of at least 4 members (excludes halogenated alkanes) is 1. The predicted octanol–water partition coefficient (Wildman–Crippen LogP) is 8.22. The van der Waals surface area contributed by atoms with Crippen molar-refractivity contribution in [2.45, 2.75) is 72.8 Å². The molecule has 0 bridgehead atoms. The first-order chi connectivity index (χ1) is 19.9. The van der Waals surface area contributed by atoms with Crippen molar-refractivity contribution in [1.82, 2.24) is 4.98 Å². The molecule has 0 atom stereocenters. The summed E-state index contributed by atoms with van der Waals surface area (Å²) in [5, 5.41) is 2.95. The number of aryl methyl sites for hydroxylation is 2. The largest absolute Gasteiger partial charge is 0.466 e. The predicted molar refractivity (Wildman–Crippen MR) is 174 cm³/mol. The van der Waals surface area contributed by atoms with Crippen LogP contribution in [0.4, 0.5) is 5.69 Å². The number of carbonyl (C=O) groups excluding carboxylic acids is 2. The molecule has 1 amide bonds. The topological polar surface area (TPSA) is 77.5 Å². The van der Waals surface area contributed by atoms with E-state index in [1.807, 2.05) is 68.5 Å². The van der Waals surface area contributed by atoms with Crippen LogP contribution in [0.1, 0.15) is 81.0 Å². The molecule has 226 valence electrons. The summed E-state index contributed by atoms with van der Waals surface area (Å²) in [7, 11) is 0. The van der Waals surface area contributed by atoms with E-state index in [4.69, 9.17) is 14.5 Å². The van der Waals surface area contributed by atoms with Crippen molar-refractivity contribution in [2.24, 2.45) is 5.41 Å². The number of benzene rings is 2. The van der Waals surface area contributed by atoms with Gasteiger partial charge in [0.2, 0.25) is 5.91 Å². The van der Waals surface area contributed by atoms with Crippen molar-refractivity contribution < 1.29 is 19.1 Å². The molecule has 0 spiro atoms. The van der Waals surface area contributed by atoms with Gasteiger partial charge in [-0.15, -0.1) is 12.4 Å². The minimum absolute atomic E-state index is 0. The SMILES string of the molecule is CCOC(=O)C(CC)(CC)CC(=O)Nc1cccc(C=Cc2cccc(COCCCCc3ccc(C)cc3)n2)c1.Cl. The van der Waals surface area contributed by atoms with Crippen molar-refractivity contribution >= 4 is 42.1 Å². The molecule has 2 aromatic carbocycles. The monoisotopic (exact) mass is 592 g/mol. The van der Waals surface area contributed by atoms with E-state index in [0.717, 1.165) is 36.2 Å². The van der Waals surface area contributed by atoms with Gasteiger partial charge in [-0.3, -0.25) is 14.6 Å². The molecule has 1 heterocycles. The minimum atomic E-state index is -0.806. The lowest BCUT2D eigenvalue weighted by atomic mass is 9.79. The third kappa shape index (κ3) is 11.1. The molecule has 7 heteroatoms. The maximum Gasteiger partial charge on any atom is 0.312 e. The van der Waals surface area contributed by atoms with E-state index in [-0.39, 0.29) is 30.7 Å². The number of amides is 1. The zero-order chi connectivity index (χ0) is 29.5. The normalized spacial score (nSPS) is 11.2. The fourth-order valence-corrected chi connectivity index (χ4v) is 4.70. The van der Waals surface area contributed by atoms with Crippen LogP contribution in [-0.4, -0.2) is 30.1 Å². The molecule has 3 rings (SSSR count). The zero-order valence-electron chi connectivity index (χ0n) is 25.4. The van der Waals surface area contributed by atoms with Gasteiger partial charge in [-0.05, 0) is 87.4 Å². The summed E-state index contributed by atoms with van der Waals surface area (Å²) in [4.78, 5) is 30.1. The number of anilines is 1. The maximum atomic E-state index is 12.8. The number of nitrogens with zero attached hydrogens (tertiary/aromatic N) is 1. The summed E-state index contributed by atoms with van der Waals surface area (Å²) in [6.45, 7) is 9.22. The molecule has 0 saturated heterocycles. The Balaban J connectivity index is 0.00000616. The molecular formula is C35H45ClN2O4. The van der Waals surface area contributed by atoms with Gasteiger partial charge in [0.1, 0.15) is 0 Å². The molecule has 0 aliphatic heterocycles. The molecule has 0 aliphatic carbocycles. The minimum Gasteiger partial charge on any atom is -0.466 e. The average molecular weight is 593 g/mol. The maximum absolute atomic E-state index is 12.8. The molecule has 0 saturated carbocycles. The van der Waals surface area contributed by atoms with Crippen LogP contribution in [0.2, 0.25) is 0 Å². The molecule has 6 nitrogen and oxygen atoms in total. The molecule has 0 unspecified atom stereocenters. The second-order valence-corrected chi connectivity index (χ2v) is 10.4. The van der Waals surface area contributed by atoms with Gasteiger partial charge in [0.25, 0.3) is 0 Å².